The zero-order chi connectivity index (χ0) is 13.0. The Morgan fingerprint density at radius 2 is 2.28 bits per heavy atom. The van der Waals surface area contributed by atoms with E-state index in [4.69, 9.17) is 4.42 Å². The van der Waals surface area contributed by atoms with Gasteiger partial charge in [-0.2, -0.15) is 0 Å². The highest BCUT2D eigenvalue weighted by atomic mass is 16.3. The van der Waals surface area contributed by atoms with Gasteiger partial charge in [-0.1, -0.05) is 13.8 Å². The van der Waals surface area contributed by atoms with E-state index >= 15 is 0 Å². The van der Waals surface area contributed by atoms with Crippen LogP contribution in [0.25, 0.3) is 0 Å². The molecular weight excluding hydrogens is 224 g/mol. The molecule has 2 heterocycles. The molecule has 2 unspecified atom stereocenters. The Morgan fingerprint density at radius 3 is 3.00 bits per heavy atom. The molecule has 3 nitrogen and oxygen atoms in total. The van der Waals surface area contributed by atoms with Crippen molar-refractivity contribution >= 4 is 0 Å². The van der Waals surface area contributed by atoms with Crippen molar-refractivity contribution in [3.8, 4) is 0 Å². The predicted octanol–water partition coefficient (Wildman–Crippen LogP) is 3.01. The molecule has 1 aromatic rings. The second-order valence-corrected chi connectivity index (χ2v) is 5.60. The highest BCUT2D eigenvalue weighted by molar-refractivity contribution is 5.17. The minimum Gasteiger partial charge on any atom is -0.468 e. The highest BCUT2D eigenvalue weighted by Crippen LogP contribution is 2.24. The summed E-state index contributed by atoms with van der Waals surface area (Å²) in [4.78, 5) is 2.58. The van der Waals surface area contributed by atoms with Gasteiger partial charge in [-0.3, -0.25) is 4.90 Å². The second-order valence-electron chi connectivity index (χ2n) is 5.60. The van der Waals surface area contributed by atoms with Crippen LogP contribution in [0.1, 0.15) is 44.9 Å². The van der Waals surface area contributed by atoms with Crippen LogP contribution in [0.15, 0.2) is 16.7 Å². The number of likely N-dealkylation sites (tertiary alicyclic amines) is 1. The zero-order valence-corrected chi connectivity index (χ0v) is 11.9. The summed E-state index contributed by atoms with van der Waals surface area (Å²) in [5, 5.41) is 3.33. The van der Waals surface area contributed by atoms with Crippen LogP contribution in [0.3, 0.4) is 0 Å². The van der Waals surface area contributed by atoms with Crippen molar-refractivity contribution in [2.75, 3.05) is 13.1 Å². The first kappa shape index (κ1) is 13.6. The van der Waals surface area contributed by atoms with Crippen molar-refractivity contribution in [3.63, 3.8) is 0 Å². The number of nitrogens with one attached hydrogen (secondary N) is 1. The lowest BCUT2D eigenvalue weighted by atomic mass is 9.93. The molecule has 1 aromatic heterocycles. The third-order valence-electron chi connectivity index (χ3n) is 4.02. The molecule has 0 bridgehead atoms. The summed E-state index contributed by atoms with van der Waals surface area (Å²) in [5.41, 5.74) is 1.34. The van der Waals surface area contributed by atoms with E-state index in [-0.39, 0.29) is 0 Å². The second kappa shape index (κ2) is 6.39. The molecule has 1 saturated heterocycles. The molecule has 0 spiro atoms. The molecule has 0 radical (unpaired) electrons. The van der Waals surface area contributed by atoms with Gasteiger partial charge in [-0.15, -0.1) is 0 Å². The fourth-order valence-corrected chi connectivity index (χ4v) is 2.81. The maximum atomic E-state index is 5.58. The van der Waals surface area contributed by atoms with Gasteiger partial charge in [0.15, 0.2) is 0 Å². The van der Waals surface area contributed by atoms with Gasteiger partial charge in [0.2, 0.25) is 0 Å². The molecule has 0 amide bonds. The van der Waals surface area contributed by atoms with Crippen molar-refractivity contribution in [2.45, 2.75) is 52.7 Å². The minimum absolute atomic E-state index is 0.690. The van der Waals surface area contributed by atoms with Gasteiger partial charge in [0, 0.05) is 18.2 Å². The average molecular weight is 250 g/mol. The van der Waals surface area contributed by atoms with Gasteiger partial charge in [0.25, 0.3) is 0 Å². The van der Waals surface area contributed by atoms with Crippen LogP contribution in [0.2, 0.25) is 0 Å². The van der Waals surface area contributed by atoms with Crippen LogP contribution in [0, 0.1) is 5.92 Å². The van der Waals surface area contributed by atoms with Crippen LogP contribution < -0.4 is 5.32 Å². The first-order valence-electron chi connectivity index (χ1n) is 7.20. The van der Waals surface area contributed by atoms with E-state index in [1.165, 1.54) is 24.9 Å². The Bertz CT molecular complexity index is 361. The first-order chi connectivity index (χ1) is 8.70. The molecule has 1 aliphatic heterocycles. The summed E-state index contributed by atoms with van der Waals surface area (Å²) in [6.07, 6.45) is 4.46. The third kappa shape index (κ3) is 3.36. The van der Waals surface area contributed by atoms with E-state index < -0.39 is 0 Å². The molecule has 1 fully saturated rings. The summed E-state index contributed by atoms with van der Waals surface area (Å²) in [5.74, 6) is 1.98. The molecule has 3 heteroatoms. The van der Waals surface area contributed by atoms with Crippen LogP contribution in [0.4, 0.5) is 0 Å². The lowest BCUT2D eigenvalue weighted by Crippen LogP contribution is -2.39. The topological polar surface area (TPSA) is 28.4 Å². The average Bonchev–Trinajstić information content (AvgIpc) is 2.77. The summed E-state index contributed by atoms with van der Waals surface area (Å²) in [6, 6.07) is 2.81. The number of hydrogen-bond acceptors (Lipinski definition) is 3. The van der Waals surface area contributed by atoms with Gasteiger partial charge in [0.05, 0.1) is 12.8 Å². The fourth-order valence-electron chi connectivity index (χ4n) is 2.81. The molecule has 1 N–H and O–H groups in total. The lowest BCUT2D eigenvalue weighted by molar-refractivity contribution is 0.121. The molecule has 0 aliphatic carbocycles. The summed E-state index contributed by atoms with van der Waals surface area (Å²) < 4.78 is 5.58. The maximum absolute atomic E-state index is 5.58. The van der Waals surface area contributed by atoms with E-state index in [1.807, 2.05) is 6.26 Å². The van der Waals surface area contributed by atoms with Crippen LogP contribution >= 0.6 is 0 Å². The normalized spacial score (nSPS) is 25.5. The molecule has 2 atom stereocenters. The SMILES string of the molecule is CCNCc1occc1CN1CCC(C)CC1C. The van der Waals surface area contributed by atoms with Gasteiger partial charge in [-0.25, -0.2) is 0 Å². The Labute approximate surface area is 111 Å². The zero-order valence-electron chi connectivity index (χ0n) is 11.9. The quantitative estimate of drug-likeness (QED) is 0.871. The Balaban J connectivity index is 1.94. The Morgan fingerprint density at radius 1 is 1.44 bits per heavy atom. The molecule has 0 saturated carbocycles. The molecular formula is C15H26N2O. The summed E-state index contributed by atoms with van der Waals surface area (Å²) in [7, 11) is 0. The van der Waals surface area contributed by atoms with Crippen molar-refractivity contribution in [1.82, 2.24) is 10.2 Å². The molecule has 18 heavy (non-hydrogen) atoms. The number of nitrogens with zero attached hydrogens (tertiary/aromatic N) is 1. The van der Waals surface area contributed by atoms with Gasteiger partial charge in [-0.05, 0) is 44.8 Å². The maximum Gasteiger partial charge on any atom is 0.122 e. The van der Waals surface area contributed by atoms with Crippen LogP contribution in [-0.4, -0.2) is 24.0 Å². The summed E-state index contributed by atoms with van der Waals surface area (Å²) >= 11 is 0. The Kier molecular flexibility index (Phi) is 4.84. The van der Waals surface area contributed by atoms with E-state index in [2.05, 4.69) is 37.1 Å². The monoisotopic (exact) mass is 250 g/mol. The number of hydrogen-bond donors (Lipinski definition) is 1. The highest BCUT2D eigenvalue weighted by Gasteiger charge is 2.23. The van der Waals surface area contributed by atoms with Gasteiger partial charge < -0.3 is 9.73 Å². The smallest absolute Gasteiger partial charge is 0.122 e. The van der Waals surface area contributed by atoms with Crippen molar-refractivity contribution in [1.29, 1.82) is 0 Å². The van der Waals surface area contributed by atoms with Crippen molar-refractivity contribution < 1.29 is 4.42 Å². The van der Waals surface area contributed by atoms with Crippen LogP contribution in [0.5, 0.6) is 0 Å². The molecule has 2 rings (SSSR count). The van der Waals surface area contributed by atoms with Crippen LogP contribution in [-0.2, 0) is 13.1 Å². The number of piperidine rings is 1. The first-order valence-corrected chi connectivity index (χ1v) is 7.20. The van der Waals surface area contributed by atoms with Crippen molar-refractivity contribution in [3.05, 3.63) is 23.7 Å². The van der Waals surface area contributed by atoms with E-state index in [1.54, 1.807) is 0 Å². The van der Waals surface area contributed by atoms with E-state index in [9.17, 15) is 0 Å². The van der Waals surface area contributed by atoms with Crippen molar-refractivity contribution in [2.24, 2.45) is 5.92 Å². The van der Waals surface area contributed by atoms with Gasteiger partial charge >= 0.3 is 0 Å². The predicted molar refractivity (Wildman–Crippen MR) is 74.4 cm³/mol. The number of furan rings is 1. The number of rotatable bonds is 5. The lowest BCUT2D eigenvalue weighted by Gasteiger charge is -2.36. The summed E-state index contributed by atoms with van der Waals surface area (Å²) in [6.45, 7) is 10.9. The van der Waals surface area contributed by atoms with E-state index in [0.29, 0.717) is 6.04 Å². The fraction of sp³-hybridized carbons (Fsp3) is 0.733. The third-order valence-corrected chi connectivity index (χ3v) is 4.02. The molecule has 102 valence electrons. The molecule has 0 aromatic carbocycles. The van der Waals surface area contributed by atoms with Gasteiger partial charge in [0.1, 0.15) is 5.76 Å². The Hall–Kier alpha value is -0.800. The minimum atomic E-state index is 0.690. The van der Waals surface area contributed by atoms with E-state index in [0.717, 1.165) is 31.3 Å². The standard InChI is InChI=1S/C15H26N2O/c1-4-16-10-15-14(6-8-18-15)11-17-7-5-12(2)9-13(17)3/h6,8,12-13,16H,4-5,7,9-11H2,1-3H3. The molecule has 1 aliphatic rings. The largest absolute Gasteiger partial charge is 0.468 e.